The van der Waals surface area contributed by atoms with E-state index >= 15 is 0 Å². The predicted octanol–water partition coefficient (Wildman–Crippen LogP) is 4.13. The van der Waals surface area contributed by atoms with E-state index in [0.29, 0.717) is 16.4 Å². The molecule has 4 bridgehead atoms. The van der Waals surface area contributed by atoms with Crippen molar-refractivity contribution in [2.45, 2.75) is 78.3 Å². The average Bonchev–Trinajstić information content (AvgIpc) is 2.62. The molecular weight excluding hydrogens is 260 g/mol. The zero-order valence-electron chi connectivity index (χ0n) is 13.9. The molecule has 1 heterocycles. The Morgan fingerprint density at radius 2 is 1.76 bits per heavy atom. The number of hydrogen-bond donors (Lipinski definition) is 1. The molecule has 1 aromatic heterocycles. The summed E-state index contributed by atoms with van der Waals surface area (Å²) in [6.45, 7) is 9.85. The molecule has 0 spiro atoms. The molecule has 3 heteroatoms. The summed E-state index contributed by atoms with van der Waals surface area (Å²) < 4.78 is 5.75. The van der Waals surface area contributed by atoms with E-state index in [0.717, 1.165) is 29.8 Å². The van der Waals surface area contributed by atoms with Gasteiger partial charge in [-0.1, -0.05) is 13.8 Å². The number of aromatic nitrogens is 1. The van der Waals surface area contributed by atoms with Gasteiger partial charge in [-0.3, -0.25) is 0 Å². The molecule has 0 radical (unpaired) electrons. The number of aryl methyl sites for hydroxylation is 2. The largest absolute Gasteiger partial charge is 0.444 e. The number of nitrogens with one attached hydrogen (secondary N) is 1. The average molecular weight is 288 g/mol. The molecule has 0 amide bonds. The summed E-state index contributed by atoms with van der Waals surface area (Å²) in [4.78, 5) is 4.53. The molecule has 1 aromatic rings. The SMILES string of the molecule is Cc1nc(CNC23CC4CC(C)(CC(C)(C4)C2)C3)oc1C. The van der Waals surface area contributed by atoms with Crippen molar-refractivity contribution in [1.82, 2.24) is 10.3 Å². The van der Waals surface area contributed by atoms with Crippen LogP contribution in [-0.2, 0) is 6.54 Å². The second-order valence-electron chi connectivity index (χ2n) is 9.01. The van der Waals surface area contributed by atoms with Gasteiger partial charge in [0.1, 0.15) is 5.76 Å². The first kappa shape index (κ1) is 13.8. The first-order valence-electron chi connectivity index (χ1n) is 8.47. The van der Waals surface area contributed by atoms with E-state index in [1.807, 2.05) is 13.8 Å². The summed E-state index contributed by atoms with van der Waals surface area (Å²) in [6, 6.07) is 0. The molecule has 1 N–H and O–H groups in total. The van der Waals surface area contributed by atoms with E-state index in [1.165, 1.54) is 38.5 Å². The maximum Gasteiger partial charge on any atom is 0.208 e. The summed E-state index contributed by atoms with van der Waals surface area (Å²) in [6.07, 6.45) is 8.36. The van der Waals surface area contributed by atoms with Crippen molar-refractivity contribution in [3.8, 4) is 0 Å². The number of oxazole rings is 1. The van der Waals surface area contributed by atoms with Crippen molar-refractivity contribution >= 4 is 0 Å². The Hall–Kier alpha value is -0.830. The van der Waals surface area contributed by atoms with Crippen molar-refractivity contribution in [2.75, 3.05) is 0 Å². The zero-order chi connectivity index (χ0) is 14.9. The minimum atomic E-state index is 0.333. The van der Waals surface area contributed by atoms with Crippen molar-refractivity contribution in [3.63, 3.8) is 0 Å². The van der Waals surface area contributed by atoms with E-state index in [4.69, 9.17) is 4.42 Å². The van der Waals surface area contributed by atoms with Gasteiger partial charge in [0, 0.05) is 5.54 Å². The molecule has 0 saturated heterocycles. The van der Waals surface area contributed by atoms with E-state index in [1.54, 1.807) is 0 Å². The van der Waals surface area contributed by atoms with Crippen LogP contribution in [0.15, 0.2) is 4.42 Å². The molecule has 0 aromatic carbocycles. The Bertz CT molecular complexity index is 538. The highest BCUT2D eigenvalue weighted by molar-refractivity contribution is 5.14. The van der Waals surface area contributed by atoms with Crippen LogP contribution in [0.5, 0.6) is 0 Å². The highest BCUT2D eigenvalue weighted by atomic mass is 16.4. The van der Waals surface area contributed by atoms with Crippen LogP contribution in [0.4, 0.5) is 0 Å². The van der Waals surface area contributed by atoms with Crippen LogP contribution in [0.3, 0.4) is 0 Å². The third kappa shape index (κ3) is 2.25. The fourth-order valence-corrected chi connectivity index (χ4v) is 6.52. The summed E-state index contributed by atoms with van der Waals surface area (Å²) in [5.41, 5.74) is 2.48. The standard InChI is InChI=1S/C18H28N2O/c1-12-13(2)21-15(20-12)8-19-18-7-14-5-16(3,10-18)9-17(4,6-14)11-18/h14,19H,5-11H2,1-4H3. The molecule has 116 valence electrons. The molecule has 21 heavy (non-hydrogen) atoms. The normalized spacial score (nSPS) is 44.5. The summed E-state index contributed by atoms with van der Waals surface area (Å²) in [5.74, 6) is 2.74. The lowest BCUT2D eigenvalue weighted by Crippen LogP contribution is -2.63. The van der Waals surface area contributed by atoms with Crippen LogP contribution in [0.1, 0.15) is 69.7 Å². The Kier molecular flexibility index (Phi) is 2.71. The number of hydrogen-bond acceptors (Lipinski definition) is 3. The monoisotopic (exact) mass is 288 g/mol. The van der Waals surface area contributed by atoms with Crippen LogP contribution < -0.4 is 5.32 Å². The topological polar surface area (TPSA) is 38.1 Å². The Morgan fingerprint density at radius 3 is 2.29 bits per heavy atom. The lowest BCUT2D eigenvalue weighted by atomic mass is 9.43. The smallest absolute Gasteiger partial charge is 0.208 e. The fourth-order valence-electron chi connectivity index (χ4n) is 6.52. The Balaban J connectivity index is 1.54. The lowest BCUT2D eigenvalue weighted by Gasteiger charge is -2.65. The molecule has 2 atom stereocenters. The Labute approximate surface area is 127 Å². The van der Waals surface area contributed by atoms with Gasteiger partial charge in [-0.15, -0.1) is 0 Å². The Morgan fingerprint density at radius 1 is 1.10 bits per heavy atom. The first-order valence-corrected chi connectivity index (χ1v) is 8.47. The van der Waals surface area contributed by atoms with Gasteiger partial charge in [-0.2, -0.15) is 0 Å². The van der Waals surface area contributed by atoms with Crippen molar-refractivity contribution in [1.29, 1.82) is 0 Å². The second kappa shape index (κ2) is 4.13. The van der Waals surface area contributed by atoms with Gasteiger partial charge < -0.3 is 9.73 Å². The van der Waals surface area contributed by atoms with Gasteiger partial charge in [0.05, 0.1) is 12.2 Å². The summed E-state index contributed by atoms with van der Waals surface area (Å²) >= 11 is 0. The minimum absolute atomic E-state index is 0.333. The second-order valence-corrected chi connectivity index (χ2v) is 9.01. The third-order valence-corrected chi connectivity index (χ3v) is 6.31. The number of rotatable bonds is 3. The summed E-state index contributed by atoms with van der Waals surface area (Å²) in [7, 11) is 0. The van der Waals surface area contributed by atoms with Gasteiger partial charge in [0.15, 0.2) is 0 Å². The molecule has 2 unspecified atom stereocenters. The van der Waals surface area contributed by atoms with Crippen LogP contribution in [0.2, 0.25) is 0 Å². The van der Waals surface area contributed by atoms with Gasteiger partial charge in [-0.25, -0.2) is 4.98 Å². The molecule has 4 aliphatic carbocycles. The van der Waals surface area contributed by atoms with Crippen molar-refractivity contribution in [3.05, 3.63) is 17.3 Å². The quantitative estimate of drug-likeness (QED) is 0.908. The lowest BCUT2D eigenvalue weighted by molar-refractivity contribution is -0.118. The summed E-state index contributed by atoms with van der Waals surface area (Å²) in [5, 5.41) is 3.88. The van der Waals surface area contributed by atoms with Crippen molar-refractivity contribution in [2.24, 2.45) is 16.7 Å². The minimum Gasteiger partial charge on any atom is -0.444 e. The van der Waals surface area contributed by atoms with Crippen LogP contribution in [0, 0.1) is 30.6 Å². The van der Waals surface area contributed by atoms with Gasteiger partial charge in [0.25, 0.3) is 0 Å². The molecule has 4 aliphatic rings. The third-order valence-electron chi connectivity index (χ3n) is 6.31. The highest BCUT2D eigenvalue weighted by Crippen LogP contribution is 2.66. The zero-order valence-corrected chi connectivity index (χ0v) is 13.9. The fraction of sp³-hybridized carbons (Fsp3) is 0.833. The molecule has 3 nitrogen and oxygen atoms in total. The van der Waals surface area contributed by atoms with E-state index in [2.05, 4.69) is 24.1 Å². The number of nitrogens with zero attached hydrogens (tertiary/aromatic N) is 1. The van der Waals surface area contributed by atoms with Crippen LogP contribution in [0.25, 0.3) is 0 Å². The molecular formula is C18H28N2O. The highest BCUT2D eigenvalue weighted by Gasteiger charge is 2.59. The molecule has 4 saturated carbocycles. The van der Waals surface area contributed by atoms with E-state index in [9.17, 15) is 0 Å². The first-order chi connectivity index (χ1) is 9.79. The van der Waals surface area contributed by atoms with Gasteiger partial charge in [0.2, 0.25) is 5.89 Å². The van der Waals surface area contributed by atoms with E-state index < -0.39 is 0 Å². The molecule has 4 fully saturated rings. The van der Waals surface area contributed by atoms with Crippen LogP contribution in [-0.4, -0.2) is 10.5 Å². The maximum absolute atomic E-state index is 5.75. The van der Waals surface area contributed by atoms with Gasteiger partial charge >= 0.3 is 0 Å². The maximum atomic E-state index is 5.75. The van der Waals surface area contributed by atoms with E-state index in [-0.39, 0.29) is 0 Å². The molecule has 5 rings (SSSR count). The molecule has 0 aliphatic heterocycles. The van der Waals surface area contributed by atoms with Crippen molar-refractivity contribution < 1.29 is 4.42 Å². The predicted molar refractivity (Wildman–Crippen MR) is 83.0 cm³/mol. The van der Waals surface area contributed by atoms with Crippen LogP contribution >= 0.6 is 0 Å². The van der Waals surface area contributed by atoms with Gasteiger partial charge in [-0.05, 0) is 69.1 Å².